The van der Waals surface area contributed by atoms with Crippen LogP contribution in [0.4, 0.5) is 0 Å². The molecule has 0 bridgehead atoms. The van der Waals surface area contributed by atoms with Crippen LogP contribution in [-0.4, -0.2) is 10.9 Å². The van der Waals surface area contributed by atoms with Gasteiger partial charge in [0.05, 0.1) is 5.76 Å². The molecule has 0 spiro atoms. The molecule has 0 aliphatic carbocycles. The van der Waals surface area contributed by atoms with E-state index in [-0.39, 0.29) is 29.1 Å². The molecule has 2 heteroatoms. The minimum absolute atomic E-state index is 0. The van der Waals surface area contributed by atoms with Crippen LogP contribution in [0.5, 0.6) is 0 Å². The van der Waals surface area contributed by atoms with E-state index in [1.165, 1.54) is 0 Å². The summed E-state index contributed by atoms with van der Waals surface area (Å²) in [6.45, 7) is 24.5. The van der Waals surface area contributed by atoms with Gasteiger partial charge in [-0.1, -0.05) is 90.5 Å². The number of Topliss-reactive ketones (excluding diaryl/α,β-unsaturated/α-hetero) is 1. The summed E-state index contributed by atoms with van der Waals surface area (Å²) in [6.07, 6.45) is 2.59. The Morgan fingerprint density at radius 3 is 1.22 bits per heavy atom. The first-order valence-electron chi connectivity index (χ1n) is 8.21. The fraction of sp³-hybridized carbons (Fsp3) is 0.857. The number of hydrogen-bond donors (Lipinski definition) is 1. The number of aliphatic hydroxyl groups excluding tert-OH is 1. The Kier molecular flexibility index (Phi) is 10.5. The van der Waals surface area contributed by atoms with Crippen molar-refractivity contribution in [1.29, 1.82) is 0 Å². The van der Waals surface area contributed by atoms with E-state index in [4.69, 9.17) is 0 Å². The number of ketones is 1. The van der Waals surface area contributed by atoms with E-state index in [0.29, 0.717) is 18.0 Å². The van der Waals surface area contributed by atoms with Gasteiger partial charge in [0.25, 0.3) is 0 Å². The van der Waals surface area contributed by atoms with Crippen LogP contribution in [0.1, 0.15) is 96.9 Å². The van der Waals surface area contributed by atoms with Crippen LogP contribution >= 0.6 is 0 Å². The number of hydrogen-bond acceptors (Lipinski definition) is 2. The van der Waals surface area contributed by atoms with Crippen LogP contribution in [0.15, 0.2) is 11.8 Å². The van der Waals surface area contributed by atoms with E-state index in [1.54, 1.807) is 0 Å². The van der Waals surface area contributed by atoms with E-state index in [2.05, 4.69) is 41.5 Å². The SMILES string of the molecule is C.CC(C)(C)/C=C(/O)C(C)(C)C.CC(C)(C)CC(=O)C(C)(C)C. The minimum Gasteiger partial charge on any atom is -0.512 e. The first kappa shape index (κ1) is 27.1. The van der Waals surface area contributed by atoms with E-state index in [0.717, 1.165) is 0 Å². The lowest BCUT2D eigenvalue weighted by Crippen LogP contribution is -2.25. The van der Waals surface area contributed by atoms with Crippen LogP contribution in [0.25, 0.3) is 0 Å². The number of aliphatic hydroxyl groups is 1. The highest BCUT2D eigenvalue weighted by molar-refractivity contribution is 5.84. The summed E-state index contributed by atoms with van der Waals surface area (Å²) < 4.78 is 0. The quantitative estimate of drug-likeness (QED) is 0.517. The maximum atomic E-state index is 11.5. The third-order valence-corrected chi connectivity index (χ3v) is 2.87. The molecule has 23 heavy (non-hydrogen) atoms. The molecule has 0 unspecified atom stereocenters. The van der Waals surface area contributed by atoms with Crippen molar-refractivity contribution in [3.63, 3.8) is 0 Å². The molecule has 140 valence electrons. The molecule has 0 aromatic rings. The third kappa shape index (κ3) is 17.4. The highest BCUT2D eigenvalue weighted by Crippen LogP contribution is 2.28. The second-order valence-corrected chi connectivity index (χ2v) is 10.6. The lowest BCUT2D eigenvalue weighted by atomic mass is 9.80. The van der Waals surface area contributed by atoms with Gasteiger partial charge in [0.15, 0.2) is 0 Å². The first-order valence-corrected chi connectivity index (χ1v) is 8.21. The van der Waals surface area contributed by atoms with Crippen molar-refractivity contribution >= 4 is 5.78 Å². The molecule has 1 N–H and O–H groups in total. The molecule has 0 aromatic carbocycles. The van der Waals surface area contributed by atoms with Crippen molar-refractivity contribution in [3.05, 3.63) is 11.8 Å². The van der Waals surface area contributed by atoms with Gasteiger partial charge < -0.3 is 5.11 Å². The second kappa shape index (κ2) is 8.89. The molecule has 0 atom stereocenters. The summed E-state index contributed by atoms with van der Waals surface area (Å²) >= 11 is 0. The molecule has 0 fully saturated rings. The van der Waals surface area contributed by atoms with Gasteiger partial charge in [0.1, 0.15) is 5.78 Å². The Balaban J connectivity index is -0.000000333. The van der Waals surface area contributed by atoms with Crippen LogP contribution in [-0.2, 0) is 4.79 Å². The highest BCUT2D eigenvalue weighted by atomic mass is 16.3. The lowest BCUT2D eigenvalue weighted by Gasteiger charge is -2.23. The van der Waals surface area contributed by atoms with Crippen molar-refractivity contribution in [1.82, 2.24) is 0 Å². The second-order valence-electron chi connectivity index (χ2n) is 10.6. The molecule has 0 aliphatic rings. The zero-order chi connectivity index (χ0) is 18.6. The summed E-state index contributed by atoms with van der Waals surface area (Å²) in [5.74, 6) is 0.829. The standard InChI is InChI=1S/2C10H20O.CH4/c2*1-9(2,3)7-8(11)10(4,5)6;/h7H2,1-6H3;7,11H,1-6H3;1H4/b;8-7+;. The smallest absolute Gasteiger partial charge is 0.138 e. The van der Waals surface area contributed by atoms with Crippen molar-refractivity contribution in [2.75, 3.05) is 0 Å². The number of rotatable bonds is 1. The molecular formula is C21H44O2. The predicted molar refractivity (Wildman–Crippen MR) is 105 cm³/mol. The molecule has 0 radical (unpaired) electrons. The molecule has 0 amide bonds. The molecule has 0 heterocycles. The molecule has 2 nitrogen and oxygen atoms in total. The van der Waals surface area contributed by atoms with E-state index in [9.17, 15) is 9.90 Å². The van der Waals surface area contributed by atoms with Gasteiger partial charge in [-0.2, -0.15) is 0 Å². The monoisotopic (exact) mass is 328 g/mol. The number of carbonyl (C=O) groups excluding carboxylic acids is 1. The van der Waals surface area contributed by atoms with Crippen molar-refractivity contribution < 1.29 is 9.90 Å². The van der Waals surface area contributed by atoms with Crippen LogP contribution in [0, 0.1) is 21.7 Å². The average Bonchev–Trinajstić information content (AvgIpc) is 2.09. The molecule has 0 rings (SSSR count). The predicted octanol–water partition coefficient (Wildman–Crippen LogP) is 7.19. The summed E-state index contributed by atoms with van der Waals surface area (Å²) in [4.78, 5) is 11.5. The average molecular weight is 329 g/mol. The zero-order valence-electron chi connectivity index (χ0n) is 17.1. The number of allylic oxidation sites excluding steroid dienone is 2. The largest absolute Gasteiger partial charge is 0.512 e. The van der Waals surface area contributed by atoms with Gasteiger partial charge in [-0.05, 0) is 16.9 Å². The van der Waals surface area contributed by atoms with Crippen molar-refractivity contribution in [3.8, 4) is 0 Å². The van der Waals surface area contributed by atoms with Crippen LogP contribution < -0.4 is 0 Å². The van der Waals surface area contributed by atoms with Gasteiger partial charge in [0, 0.05) is 17.3 Å². The highest BCUT2D eigenvalue weighted by Gasteiger charge is 2.25. The molecular weight excluding hydrogens is 284 g/mol. The normalized spacial score (nSPS) is 13.7. The minimum atomic E-state index is -0.173. The fourth-order valence-electron chi connectivity index (χ4n) is 1.37. The van der Waals surface area contributed by atoms with Crippen molar-refractivity contribution in [2.24, 2.45) is 21.7 Å². The Labute approximate surface area is 146 Å². The maximum absolute atomic E-state index is 11.5. The summed E-state index contributed by atoms with van der Waals surface area (Å²) in [5, 5.41) is 9.58. The van der Waals surface area contributed by atoms with Gasteiger partial charge >= 0.3 is 0 Å². The lowest BCUT2D eigenvalue weighted by molar-refractivity contribution is -0.128. The molecule has 0 saturated heterocycles. The summed E-state index contributed by atoms with van der Waals surface area (Å²) in [7, 11) is 0. The summed E-state index contributed by atoms with van der Waals surface area (Å²) in [5.41, 5.74) is -0.0950. The van der Waals surface area contributed by atoms with Gasteiger partial charge in [-0.25, -0.2) is 0 Å². The first-order chi connectivity index (χ1) is 9.26. The van der Waals surface area contributed by atoms with Gasteiger partial charge in [0.2, 0.25) is 0 Å². The molecule has 0 aliphatic heterocycles. The Morgan fingerprint density at radius 1 is 0.783 bits per heavy atom. The van der Waals surface area contributed by atoms with Crippen molar-refractivity contribution in [2.45, 2.75) is 96.9 Å². The Bertz CT molecular complexity index is 374. The maximum Gasteiger partial charge on any atom is 0.138 e. The Hall–Kier alpha value is -0.790. The third-order valence-electron chi connectivity index (χ3n) is 2.87. The van der Waals surface area contributed by atoms with E-state index in [1.807, 2.05) is 47.6 Å². The fourth-order valence-corrected chi connectivity index (χ4v) is 1.37. The van der Waals surface area contributed by atoms with Crippen LogP contribution in [0.2, 0.25) is 0 Å². The van der Waals surface area contributed by atoms with E-state index < -0.39 is 0 Å². The van der Waals surface area contributed by atoms with Gasteiger partial charge in [-0.15, -0.1) is 0 Å². The van der Waals surface area contributed by atoms with E-state index >= 15 is 0 Å². The topological polar surface area (TPSA) is 37.3 Å². The summed E-state index contributed by atoms with van der Waals surface area (Å²) in [6, 6.07) is 0. The van der Waals surface area contributed by atoms with Crippen LogP contribution in [0.3, 0.4) is 0 Å². The number of carbonyl (C=O) groups is 1. The molecule has 0 saturated carbocycles. The Morgan fingerprint density at radius 2 is 1.13 bits per heavy atom. The van der Waals surface area contributed by atoms with Gasteiger partial charge in [-0.3, -0.25) is 4.79 Å². The molecule has 0 aromatic heterocycles. The zero-order valence-corrected chi connectivity index (χ0v) is 17.1.